The molecule has 1 saturated heterocycles. The summed E-state index contributed by atoms with van der Waals surface area (Å²) in [6, 6.07) is 0. The largest absolute Gasteiger partial charge is 0.468 e. The van der Waals surface area contributed by atoms with E-state index in [2.05, 4.69) is 5.32 Å². The summed E-state index contributed by atoms with van der Waals surface area (Å²) in [6.45, 7) is 0.913. The van der Waals surface area contributed by atoms with Gasteiger partial charge in [-0.2, -0.15) is 0 Å². The first kappa shape index (κ1) is 12.8. The Morgan fingerprint density at radius 3 is 2.80 bits per heavy atom. The summed E-state index contributed by atoms with van der Waals surface area (Å²) in [6.07, 6.45) is 5.92. The fourth-order valence-corrected chi connectivity index (χ4v) is 2.36. The molecule has 0 bridgehead atoms. The van der Waals surface area contributed by atoms with Crippen LogP contribution in [0.1, 0.15) is 38.5 Å². The van der Waals surface area contributed by atoms with Crippen molar-refractivity contribution in [2.75, 3.05) is 19.5 Å². The molecule has 0 amide bonds. The monoisotopic (exact) mass is 233 g/mol. The van der Waals surface area contributed by atoms with Crippen LogP contribution in [0.25, 0.3) is 0 Å². The molecule has 0 aliphatic carbocycles. The van der Waals surface area contributed by atoms with Gasteiger partial charge in [-0.1, -0.05) is 0 Å². The van der Waals surface area contributed by atoms with E-state index in [0.717, 1.165) is 45.1 Å². The number of unbranched alkanes of at least 4 members (excludes halogenated alkanes) is 1. The van der Waals surface area contributed by atoms with Crippen LogP contribution in [0.5, 0.6) is 0 Å². The van der Waals surface area contributed by atoms with Crippen LogP contribution in [0.4, 0.5) is 0 Å². The van der Waals surface area contributed by atoms with Gasteiger partial charge < -0.3 is 10.1 Å². The molecule has 1 rings (SSSR count). The van der Waals surface area contributed by atoms with Crippen LogP contribution in [0.3, 0.4) is 0 Å². The molecule has 1 heterocycles. The van der Waals surface area contributed by atoms with E-state index in [1.54, 1.807) is 0 Å². The molecule has 3 nitrogen and oxygen atoms in total. The molecule has 0 aromatic carbocycles. The zero-order valence-electron chi connectivity index (χ0n) is 9.35. The quantitative estimate of drug-likeness (QED) is 0.449. The Kier molecular flexibility index (Phi) is 5.40. The van der Waals surface area contributed by atoms with Crippen molar-refractivity contribution in [3.05, 3.63) is 0 Å². The number of carbonyl (C=O) groups is 1. The fourth-order valence-electron chi connectivity index (χ4n) is 2.17. The molecule has 1 aliphatic rings. The number of carbonyl (C=O) groups excluding carboxylic acids is 1. The van der Waals surface area contributed by atoms with Gasteiger partial charge >= 0.3 is 5.97 Å². The number of esters is 1. The van der Waals surface area contributed by atoms with Crippen LogP contribution >= 0.6 is 11.6 Å². The van der Waals surface area contributed by atoms with Gasteiger partial charge in [0.05, 0.1) is 7.11 Å². The van der Waals surface area contributed by atoms with E-state index in [9.17, 15) is 4.79 Å². The van der Waals surface area contributed by atoms with E-state index in [4.69, 9.17) is 16.3 Å². The molecule has 1 N–H and O–H groups in total. The minimum Gasteiger partial charge on any atom is -0.468 e. The number of piperidine rings is 1. The Labute approximate surface area is 96.5 Å². The summed E-state index contributed by atoms with van der Waals surface area (Å²) in [5.74, 6) is 0.550. The van der Waals surface area contributed by atoms with Crippen molar-refractivity contribution in [3.63, 3.8) is 0 Å². The van der Waals surface area contributed by atoms with Gasteiger partial charge in [0.1, 0.15) is 5.54 Å². The normalized spacial score (nSPS) is 26.3. The maximum Gasteiger partial charge on any atom is 0.326 e. The van der Waals surface area contributed by atoms with Crippen molar-refractivity contribution in [2.24, 2.45) is 0 Å². The number of halogens is 1. The van der Waals surface area contributed by atoms with Crippen molar-refractivity contribution in [1.29, 1.82) is 0 Å². The average molecular weight is 234 g/mol. The van der Waals surface area contributed by atoms with Gasteiger partial charge in [0.15, 0.2) is 0 Å². The molecule has 0 aromatic heterocycles. The zero-order chi connectivity index (χ0) is 11.1. The summed E-state index contributed by atoms with van der Waals surface area (Å²) < 4.78 is 4.89. The average Bonchev–Trinajstić information content (AvgIpc) is 2.29. The summed E-state index contributed by atoms with van der Waals surface area (Å²) in [4.78, 5) is 11.8. The highest BCUT2D eigenvalue weighted by Gasteiger charge is 2.39. The van der Waals surface area contributed by atoms with Gasteiger partial charge in [-0.25, -0.2) is 0 Å². The number of ether oxygens (including phenoxy) is 1. The fraction of sp³-hybridized carbons (Fsp3) is 0.909. The molecule has 0 saturated carbocycles. The number of hydrogen-bond donors (Lipinski definition) is 1. The number of hydrogen-bond acceptors (Lipinski definition) is 3. The minimum absolute atomic E-state index is 0.114. The van der Waals surface area contributed by atoms with E-state index < -0.39 is 5.54 Å². The predicted octanol–water partition coefficient (Wildman–Crippen LogP) is 2.08. The third-order valence-electron chi connectivity index (χ3n) is 3.06. The van der Waals surface area contributed by atoms with Gasteiger partial charge in [-0.15, -0.1) is 11.6 Å². The van der Waals surface area contributed by atoms with E-state index >= 15 is 0 Å². The molecule has 15 heavy (non-hydrogen) atoms. The second-order valence-electron chi connectivity index (χ2n) is 4.10. The molecular formula is C11H20ClNO2. The van der Waals surface area contributed by atoms with Crippen LogP contribution < -0.4 is 5.32 Å². The second-order valence-corrected chi connectivity index (χ2v) is 4.48. The van der Waals surface area contributed by atoms with Crippen molar-refractivity contribution >= 4 is 17.6 Å². The molecule has 1 aliphatic heterocycles. The van der Waals surface area contributed by atoms with Crippen LogP contribution in [-0.4, -0.2) is 31.0 Å². The summed E-state index contributed by atoms with van der Waals surface area (Å²) in [7, 11) is 1.46. The molecular weight excluding hydrogens is 214 g/mol. The van der Waals surface area contributed by atoms with Gasteiger partial charge in [0.2, 0.25) is 0 Å². The minimum atomic E-state index is -0.431. The lowest BCUT2D eigenvalue weighted by molar-refractivity contribution is -0.150. The van der Waals surface area contributed by atoms with Crippen molar-refractivity contribution in [2.45, 2.75) is 44.1 Å². The number of alkyl halides is 1. The van der Waals surface area contributed by atoms with Gasteiger partial charge in [0.25, 0.3) is 0 Å². The SMILES string of the molecule is COC(=O)C1(CCCCCl)CCCCN1. The molecule has 0 aromatic rings. The zero-order valence-corrected chi connectivity index (χ0v) is 10.1. The van der Waals surface area contributed by atoms with Crippen molar-refractivity contribution in [3.8, 4) is 0 Å². The molecule has 0 radical (unpaired) electrons. The van der Waals surface area contributed by atoms with Crippen molar-refractivity contribution < 1.29 is 9.53 Å². The summed E-state index contributed by atoms with van der Waals surface area (Å²) >= 11 is 5.64. The Bertz CT molecular complexity index is 203. The molecule has 88 valence electrons. The lowest BCUT2D eigenvalue weighted by atomic mass is 9.84. The summed E-state index contributed by atoms with van der Waals surface area (Å²) in [5.41, 5.74) is -0.431. The van der Waals surface area contributed by atoms with E-state index in [0.29, 0.717) is 5.88 Å². The van der Waals surface area contributed by atoms with Gasteiger partial charge in [0, 0.05) is 5.88 Å². The van der Waals surface area contributed by atoms with Crippen molar-refractivity contribution in [1.82, 2.24) is 5.32 Å². The lowest BCUT2D eigenvalue weighted by Gasteiger charge is -2.35. The third kappa shape index (κ3) is 3.35. The molecule has 0 spiro atoms. The molecule has 1 fully saturated rings. The molecule has 1 atom stereocenters. The Hall–Kier alpha value is -0.280. The maximum absolute atomic E-state index is 11.8. The highest BCUT2D eigenvalue weighted by atomic mass is 35.5. The van der Waals surface area contributed by atoms with E-state index in [1.807, 2.05) is 0 Å². The molecule has 1 unspecified atom stereocenters. The Balaban J connectivity index is 2.54. The topological polar surface area (TPSA) is 38.3 Å². The highest BCUT2D eigenvalue weighted by Crippen LogP contribution is 2.26. The highest BCUT2D eigenvalue weighted by molar-refractivity contribution is 6.17. The van der Waals surface area contributed by atoms with Crippen LogP contribution in [0.15, 0.2) is 0 Å². The number of methoxy groups -OCH3 is 1. The van der Waals surface area contributed by atoms with Crippen LogP contribution in [0, 0.1) is 0 Å². The first-order chi connectivity index (χ1) is 7.25. The summed E-state index contributed by atoms with van der Waals surface area (Å²) in [5, 5.41) is 3.32. The molecule has 4 heteroatoms. The second kappa shape index (κ2) is 6.33. The predicted molar refractivity (Wildman–Crippen MR) is 61.2 cm³/mol. The first-order valence-corrected chi connectivity index (χ1v) is 6.18. The standard InChI is InChI=1S/C11H20ClNO2/c1-15-10(14)11(6-2-4-8-12)7-3-5-9-13-11/h13H,2-9H2,1H3. The van der Waals surface area contributed by atoms with Crippen LogP contribution in [-0.2, 0) is 9.53 Å². The Morgan fingerprint density at radius 2 is 2.27 bits per heavy atom. The van der Waals surface area contributed by atoms with Crippen LogP contribution in [0.2, 0.25) is 0 Å². The smallest absolute Gasteiger partial charge is 0.326 e. The Morgan fingerprint density at radius 1 is 1.47 bits per heavy atom. The van der Waals surface area contributed by atoms with Gasteiger partial charge in [-0.3, -0.25) is 4.79 Å². The third-order valence-corrected chi connectivity index (χ3v) is 3.32. The maximum atomic E-state index is 11.8. The number of nitrogens with one attached hydrogen (secondary N) is 1. The lowest BCUT2D eigenvalue weighted by Crippen LogP contribution is -2.55. The van der Waals surface area contributed by atoms with E-state index in [-0.39, 0.29) is 5.97 Å². The first-order valence-electron chi connectivity index (χ1n) is 5.64. The van der Waals surface area contributed by atoms with Gasteiger partial charge in [-0.05, 0) is 45.1 Å². The van der Waals surface area contributed by atoms with E-state index in [1.165, 1.54) is 7.11 Å². The number of rotatable bonds is 5.